The normalized spacial score (nSPS) is 16.0. The summed E-state index contributed by atoms with van der Waals surface area (Å²) in [5, 5.41) is 7.59. The molecule has 29 heavy (non-hydrogen) atoms. The van der Waals surface area contributed by atoms with E-state index < -0.39 is 0 Å². The summed E-state index contributed by atoms with van der Waals surface area (Å²) in [5.41, 5.74) is 4.20. The number of nitrogens with one attached hydrogen (secondary N) is 1. The van der Waals surface area contributed by atoms with Crippen molar-refractivity contribution in [3.63, 3.8) is 0 Å². The first kappa shape index (κ1) is 17.9. The molecule has 0 fully saturated rings. The van der Waals surface area contributed by atoms with Crippen LogP contribution in [0.4, 0.5) is 5.82 Å². The van der Waals surface area contributed by atoms with Gasteiger partial charge in [-0.3, -0.25) is 4.79 Å². The van der Waals surface area contributed by atoms with E-state index in [2.05, 4.69) is 31.3 Å². The Morgan fingerprint density at radius 2 is 2.10 bits per heavy atom. The number of oxazole rings is 1. The molecule has 8 heteroatoms. The molecule has 0 saturated heterocycles. The number of hydrogen-bond donors (Lipinski definition) is 1. The Labute approximate surface area is 174 Å². The third kappa shape index (κ3) is 2.91. The van der Waals surface area contributed by atoms with Crippen LogP contribution in [0, 0.1) is 6.92 Å². The molecule has 146 valence electrons. The van der Waals surface area contributed by atoms with Gasteiger partial charge in [0.25, 0.3) is 0 Å². The number of carbonyl (C=O) groups excluding carboxylic acids is 1. The maximum atomic E-state index is 12.5. The van der Waals surface area contributed by atoms with Crippen molar-refractivity contribution in [2.75, 3.05) is 12.4 Å². The van der Waals surface area contributed by atoms with Gasteiger partial charge in [0.15, 0.2) is 5.58 Å². The molecule has 1 amide bonds. The molecule has 1 aliphatic heterocycles. The summed E-state index contributed by atoms with van der Waals surface area (Å²) in [4.78, 5) is 17.1. The third-order valence-corrected chi connectivity index (χ3v) is 5.76. The summed E-state index contributed by atoms with van der Waals surface area (Å²) < 4.78 is 13.6. The van der Waals surface area contributed by atoms with Crippen LogP contribution in [-0.4, -0.2) is 27.8 Å². The number of carbonyl (C=O) groups is 1. The average molecular weight is 453 g/mol. The van der Waals surface area contributed by atoms with Crippen LogP contribution in [0.1, 0.15) is 29.2 Å². The summed E-state index contributed by atoms with van der Waals surface area (Å²) in [7, 11) is 1.63. The van der Waals surface area contributed by atoms with Gasteiger partial charge in [0, 0.05) is 17.9 Å². The number of halogens is 1. The molecule has 0 bridgehead atoms. The van der Waals surface area contributed by atoms with E-state index in [1.165, 1.54) is 0 Å². The Bertz CT molecular complexity index is 1230. The Balaban J connectivity index is 1.65. The molecule has 1 atom stereocenters. The average Bonchev–Trinajstić information content (AvgIpc) is 3.28. The maximum absolute atomic E-state index is 12.5. The highest BCUT2D eigenvalue weighted by Gasteiger charge is 2.34. The zero-order chi connectivity index (χ0) is 20.1. The van der Waals surface area contributed by atoms with Crippen molar-refractivity contribution in [2.24, 2.45) is 0 Å². The van der Waals surface area contributed by atoms with Gasteiger partial charge < -0.3 is 14.5 Å². The molecule has 2 aromatic heterocycles. The van der Waals surface area contributed by atoms with E-state index in [1.807, 2.05) is 49.4 Å². The summed E-state index contributed by atoms with van der Waals surface area (Å²) >= 11 is 3.54. The number of aromatic nitrogens is 3. The molecule has 4 aromatic rings. The van der Waals surface area contributed by atoms with E-state index in [1.54, 1.807) is 11.8 Å². The maximum Gasteiger partial charge on any atom is 0.325 e. The Morgan fingerprint density at radius 3 is 2.86 bits per heavy atom. The Kier molecular flexibility index (Phi) is 4.16. The molecule has 0 saturated carbocycles. The number of amides is 1. The quantitative estimate of drug-likeness (QED) is 0.492. The van der Waals surface area contributed by atoms with Gasteiger partial charge >= 0.3 is 6.01 Å². The molecular weight excluding hydrogens is 436 g/mol. The summed E-state index contributed by atoms with van der Waals surface area (Å²) in [6, 6.07) is 13.7. The first-order chi connectivity index (χ1) is 14.0. The second-order valence-electron chi connectivity index (χ2n) is 6.92. The standard InChI is InChI=1S/C21H17BrN4O3/c1-11-19-13(12-7-8-16(28-2)14(22)9-12)10-18(27)24-20(19)26(25-11)21-23-15-5-3-4-6-17(15)29-21/h3-9,13H,10H2,1-2H3,(H,24,27)/t13-/m1/s1. The number of fused-ring (bicyclic) bond motifs is 2. The predicted octanol–water partition coefficient (Wildman–Crippen LogP) is 4.57. The van der Waals surface area contributed by atoms with Crippen molar-refractivity contribution < 1.29 is 13.9 Å². The summed E-state index contributed by atoms with van der Waals surface area (Å²) in [6.07, 6.45) is 0.339. The van der Waals surface area contributed by atoms with Gasteiger partial charge in [-0.1, -0.05) is 18.2 Å². The van der Waals surface area contributed by atoms with Gasteiger partial charge in [-0.25, -0.2) is 0 Å². The van der Waals surface area contributed by atoms with Crippen molar-refractivity contribution in [3.8, 4) is 11.8 Å². The molecule has 0 unspecified atom stereocenters. The molecule has 1 aliphatic rings. The molecule has 3 heterocycles. The first-order valence-corrected chi connectivity index (χ1v) is 9.93. The molecule has 0 aliphatic carbocycles. The minimum Gasteiger partial charge on any atom is -0.496 e. The van der Waals surface area contributed by atoms with Crippen LogP contribution in [0.5, 0.6) is 5.75 Å². The van der Waals surface area contributed by atoms with Crippen LogP contribution in [-0.2, 0) is 4.79 Å². The fourth-order valence-corrected chi connectivity index (χ4v) is 4.38. The lowest BCUT2D eigenvalue weighted by Gasteiger charge is -2.24. The van der Waals surface area contributed by atoms with Crippen LogP contribution in [0.3, 0.4) is 0 Å². The monoisotopic (exact) mass is 452 g/mol. The number of methoxy groups -OCH3 is 1. The van der Waals surface area contributed by atoms with Crippen molar-refractivity contribution in [1.82, 2.24) is 14.8 Å². The van der Waals surface area contributed by atoms with Crippen molar-refractivity contribution >= 4 is 38.8 Å². The molecule has 0 radical (unpaired) electrons. The highest BCUT2D eigenvalue weighted by Crippen LogP contribution is 2.42. The summed E-state index contributed by atoms with van der Waals surface area (Å²) in [6.45, 7) is 1.93. The van der Waals surface area contributed by atoms with Crippen LogP contribution in [0.15, 0.2) is 51.4 Å². The lowest BCUT2D eigenvalue weighted by atomic mass is 9.86. The van der Waals surface area contributed by atoms with E-state index in [-0.39, 0.29) is 11.8 Å². The minimum absolute atomic E-state index is 0.0771. The molecule has 2 aromatic carbocycles. The second-order valence-corrected chi connectivity index (χ2v) is 7.78. The number of anilines is 1. The SMILES string of the molecule is COc1ccc([C@H]2CC(=O)Nc3c2c(C)nn3-c2nc3ccccc3o2)cc1Br. The van der Waals surface area contributed by atoms with Crippen molar-refractivity contribution in [2.45, 2.75) is 19.3 Å². The van der Waals surface area contributed by atoms with Crippen LogP contribution >= 0.6 is 15.9 Å². The minimum atomic E-state index is -0.126. The van der Waals surface area contributed by atoms with Crippen molar-refractivity contribution in [1.29, 1.82) is 0 Å². The van der Waals surface area contributed by atoms with Crippen molar-refractivity contribution in [3.05, 3.63) is 63.8 Å². The number of hydrogen-bond acceptors (Lipinski definition) is 5. The van der Waals surface area contributed by atoms with Gasteiger partial charge in [-0.15, -0.1) is 0 Å². The number of rotatable bonds is 3. The third-order valence-electron chi connectivity index (χ3n) is 5.14. The highest BCUT2D eigenvalue weighted by molar-refractivity contribution is 9.10. The van der Waals surface area contributed by atoms with Crippen LogP contribution in [0.25, 0.3) is 17.1 Å². The van der Waals surface area contributed by atoms with Gasteiger partial charge in [-0.05, 0) is 52.7 Å². The van der Waals surface area contributed by atoms with E-state index in [0.717, 1.165) is 32.6 Å². The van der Waals surface area contributed by atoms with E-state index in [0.29, 0.717) is 23.8 Å². The Hall–Kier alpha value is -3.13. The van der Waals surface area contributed by atoms with Gasteiger partial charge in [0.1, 0.15) is 17.1 Å². The number of ether oxygens (including phenoxy) is 1. The second kappa shape index (κ2) is 6.73. The summed E-state index contributed by atoms with van der Waals surface area (Å²) in [5.74, 6) is 1.14. The first-order valence-electron chi connectivity index (χ1n) is 9.14. The van der Waals surface area contributed by atoms with E-state index in [4.69, 9.17) is 9.15 Å². The largest absolute Gasteiger partial charge is 0.496 e. The number of para-hydroxylation sites is 2. The number of aryl methyl sites for hydroxylation is 1. The van der Waals surface area contributed by atoms with Gasteiger partial charge in [0.05, 0.1) is 17.3 Å². The fraction of sp³-hybridized carbons (Fsp3) is 0.190. The Morgan fingerprint density at radius 1 is 1.28 bits per heavy atom. The lowest BCUT2D eigenvalue weighted by Crippen LogP contribution is -2.25. The zero-order valence-corrected chi connectivity index (χ0v) is 17.4. The highest BCUT2D eigenvalue weighted by atomic mass is 79.9. The van der Waals surface area contributed by atoms with Gasteiger partial charge in [-0.2, -0.15) is 14.8 Å². The topological polar surface area (TPSA) is 82.2 Å². The molecule has 1 N–H and O–H groups in total. The molecule has 7 nitrogen and oxygen atoms in total. The zero-order valence-electron chi connectivity index (χ0n) is 15.8. The van der Waals surface area contributed by atoms with E-state index in [9.17, 15) is 4.79 Å². The number of nitrogens with zero attached hydrogens (tertiary/aromatic N) is 3. The lowest BCUT2D eigenvalue weighted by molar-refractivity contribution is -0.116. The smallest absolute Gasteiger partial charge is 0.325 e. The van der Waals surface area contributed by atoms with Crippen LogP contribution in [0.2, 0.25) is 0 Å². The van der Waals surface area contributed by atoms with E-state index >= 15 is 0 Å². The predicted molar refractivity (Wildman–Crippen MR) is 112 cm³/mol. The molecule has 0 spiro atoms. The van der Waals surface area contributed by atoms with Gasteiger partial charge in [0.2, 0.25) is 5.91 Å². The fourth-order valence-electron chi connectivity index (χ4n) is 3.82. The molecule has 5 rings (SSSR count). The molecular formula is C21H17BrN4O3. The number of benzene rings is 2. The van der Waals surface area contributed by atoms with Crippen LogP contribution < -0.4 is 10.1 Å².